The molecule has 6 nitrogen and oxygen atoms in total. The Morgan fingerprint density at radius 1 is 0.941 bits per heavy atom. The molecule has 0 amide bonds. The van der Waals surface area contributed by atoms with Crippen molar-refractivity contribution in [3.63, 3.8) is 0 Å². The molecule has 34 heavy (non-hydrogen) atoms. The monoisotopic (exact) mass is 475 g/mol. The van der Waals surface area contributed by atoms with E-state index in [1.807, 2.05) is 18.3 Å². The molecule has 0 unspecified atom stereocenters. The molecule has 0 N–H and O–H groups in total. The van der Waals surface area contributed by atoms with Crippen LogP contribution in [-0.4, -0.2) is 68.2 Å². The fraction of sp³-hybridized carbons (Fsp3) is 0.296. The van der Waals surface area contributed by atoms with Crippen molar-refractivity contribution in [3.8, 4) is 5.75 Å². The van der Waals surface area contributed by atoms with Crippen LogP contribution in [0.25, 0.3) is 11.1 Å². The first-order chi connectivity index (χ1) is 16.5. The molecule has 176 valence electrons. The number of sulfonamides is 1. The van der Waals surface area contributed by atoms with E-state index in [4.69, 9.17) is 4.74 Å². The number of benzene rings is 2. The minimum absolute atomic E-state index is 0.542. The van der Waals surface area contributed by atoms with Crippen molar-refractivity contribution in [2.45, 2.75) is 6.42 Å². The van der Waals surface area contributed by atoms with Gasteiger partial charge in [0.1, 0.15) is 12.4 Å². The maximum atomic E-state index is 11.7. The quantitative estimate of drug-likeness (QED) is 0.523. The smallest absolute Gasteiger partial charge is 0.211 e. The zero-order valence-electron chi connectivity index (χ0n) is 19.4. The Labute approximate surface area is 201 Å². The van der Waals surface area contributed by atoms with E-state index in [1.165, 1.54) is 34.1 Å². The lowest BCUT2D eigenvalue weighted by Gasteiger charge is -2.33. The van der Waals surface area contributed by atoms with Crippen LogP contribution in [0.5, 0.6) is 5.75 Å². The van der Waals surface area contributed by atoms with E-state index in [-0.39, 0.29) is 0 Å². The third kappa shape index (κ3) is 4.92. The third-order valence-electron chi connectivity index (χ3n) is 6.57. The molecule has 1 fully saturated rings. The molecule has 3 aromatic rings. The highest BCUT2D eigenvalue weighted by molar-refractivity contribution is 7.88. The second-order valence-electron chi connectivity index (χ2n) is 8.81. The van der Waals surface area contributed by atoms with Crippen molar-refractivity contribution in [2.24, 2.45) is 0 Å². The van der Waals surface area contributed by atoms with Gasteiger partial charge in [0.25, 0.3) is 0 Å². The van der Waals surface area contributed by atoms with Gasteiger partial charge in [-0.15, -0.1) is 0 Å². The largest absolute Gasteiger partial charge is 0.492 e. The molecule has 0 spiro atoms. The van der Waals surface area contributed by atoms with Crippen LogP contribution in [0.15, 0.2) is 73.1 Å². The summed E-state index contributed by atoms with van der Waals surface area (Å²) in [5.74, 6) is 0.856. The summed E-state index contributed by atoms with van der Waals surface area (Å²) in [5, 5.41) is 0. The normalized spacial score (nSPS) is 17.1. The molecule has 0 atom stereocenters. The average Bonchev–Trinajstić information content (AvgIpc) is 3.24. The number of aromatic nitrogens is 1. The summed E-state index contributed by atoms with van der Waals surface area (Å²) in [7, 11) is -3.10. The van der Waals surface area contributed by atoms with E-state index >= 15 is 0 Å². The minimum Gasteiger partial charge on any atom is -0.492 e. The highest BCUT2D eigenvalue weighted by Gasteiger charge is 2.25. The zero-order chi connectivity index (χ0) is 23.5. The van der Waals surface area contributed by atoms with Gasteiger partial charge in [0.15, 0.2) is 0 Å². The van der Waals surface area contributed by atoms with Crippen molar-refractivity contribution in [2.75, 3.05) is 45.6 Å². The lowest BCUT2D eigenvalue weighted by atomic mass is 9.95. The van der Waals surface area contributed by atoms with Crippen LogP contribution in [0.4, 0.5) is 0 Å². The van der Waals surface area contributed by atoms with Crippen molar-refractivity contribution in [1.82, 2.24) is 14.2 Å². The number of fused-ring (bicyclic) bond motifs is 1. The topological polar surface area (TPSA) is 62.7 Å². The van der Waals surface area contributed by atoms with Gasteiger partial charge in [0.2, 0.25) is 10.0 Å². The molecule has 5 rings (SSSR count). The Kier molecular flexibility index (Phi) is 6.50. The Hall–Kier alpha value is -3.00. The average molecular weight is 476 g/mol. The minimum atomic E-state index is -3.10. The van der Waals surface area contributed by atoms with Crippen molar-refractivity contribution >= 4 is 21.2 Å². The van der Waals surface area contributed by atoms with Crippen molar-refractivity contribution < 1.29 is 13.2 Å². The Bertz CT molecular complexity index is 1280. The van der Waals surface area contributed by atoms with Gasteiger partial charge in [-0.05, 0) is 58.0 Å². The van der Waals surface area contributed by atoms with Crippen LogP contribution in [0.2, 0.25) is 0 Å². The van der Waals surface area contributed by atoms with Crippen molar-refractivity contribution in [1.29, 1.82) is 0 Å². The number of pyridine rings is 1. The van der Waals surface area contributed by atoms with Crippen LogP contribution in [0, 0.1) is 0 Å². The van der Waals surface area contributed by atoms with E-state index in [2.05, 4.69) is 58.4 Å². The summed E-state index contributed by atoms with van der Waals surface area (Å²) in [5.41, 5.74) is 7.38. The second kappa shape index (κ2) is 9.70. The Balaban J connectivity index is 1.31. The SMILES string of the molecule is CS(=O)(=O)N1CCN(CCOc2ccc3c(c2)C(c2ccccc2)=C(c2cccnc2)C3)CC1. The van der Waals surface area contributed by atoms with E-state index in [0.29, 0.717) is 19.7 Å². The predicted octanol–water partition coefficient (Wildman–Crippen LogP) is 3.55. The van der Waals surface area contributed by atoms with Gasteiger partial charge >= 0.3 is 0 Å². The number of rotatable bonds is 7. The predicted molar refractivity (Wildman–Crippen MR) is 135 cm³/mol. The molecule has 0 saturated carbocycles. The van der Waals surface area contributed by atoms with Gasteiger partial charge in [0.05, 0.1) is 6.26 Å². The molecule has 2 heterocycles. The molecular weight excluding hydrogens is 446 g/mol. The number of piperazine rings is 1. The number of allylic oxidation sites excluding steroid dienone is 1. The highest BCUT2D eigenvalue weighted by Crippen LogP contribution is 2.43. The maximum Gasteiger partial charge on any atom is 0.211 e. The molecule has 1 aliphatic carbocycles. The highest BCUT2D eigenvalue weighted by atomic mass is 32.2. The fourth-order valence-corrected chi connectivity index (χ4v) is 5.60. The Morgan fingerprint density at radius 3 is 2.41 bits per heavy atom. The number of hydrogen-bond acceptors (Lipinski definition) is 5. The molecule has 1 saturated heterocycles. The lowest BCUT2D eigenvalue weighted by molar-refractivity contribution is 0.159. The molecular formula is C27H29N3O3S. The first-order valence-corrected chi connectivity index (χ1v) is 13.5. The van der Waals surface area contributed by atoms with Crippen LogP contribution < -0.4 is 4.74 Å². The van der Waals surface area contributed by atoms with Crippen LogP contribution >= 0.6 is 0 Å². The first kappa shape index (κ1) is 22.8. The van der Waals surface area contributed by atoms with Crippen LogP contribution in [-0.2, 0) is 16.4 Å². The molecule has 7 heteroatoms. The number of nitrogens with zero attached hydrogens (tertiary/aromatic N) is 3. The first-order valence-electron chi connectivity index (χ1n) is 11.6. The van der Waals surface area contributed by atoms with Gasteiger partial charge < -0.3 is 4.74 Å². The lowest BCUT2D eigenvalue weighted by Crippen LogP contribution is -2.49. The van der Waals surface area contributed by atoms with Gasteiger partial charge in [-0.2, -0.15) is 4.31 Å². The zero-order valence-corrected chi connectivity index (χ0v) is 20.2. The summed E-state index contributed by atoms with van der Waals surface area (Å²) in [6.45, 7) is 3.89. The van der Waals surface area contributed by atoms with Crippen LogP contribution in [0.3, 0.4) is 0 Å². The molecule has 0 radical (unpaired) electrons. The molecule has 0 bridgehead atoms. The van der Waals surface area contributed by atoms with Gasteiger partial charge in [-0.3, -0.25) is 9.88 Å². The maximum absolute atomic E-state index is 11.7. The summed E-state index contributed by atoms with van der Waals surface area (Å²) in [6.07, 6.45) is 5.89. The van der Waals surface area contributed by atoms with Crippen molar-refractivity contribution in [3.05, 3.63) is 95.3 Å². The molecule has 1 aliphatic heterocycles. The number of hydrogen-bond donors (Lipinski definition) is 0. The van der Waals surface area contributed by atoms with Gasteiger partial charge in [-0.1, -0.05) is 42.5 Å². The van der Waals surface area contributed by atoms with Gasteiger partial charge in [-0.25, -0.2) is 8.42 Å². The molecule has 1 aromatic heterocycles. The molecule has 2 aliphatic rings. The summed E-state index contributed by atoms with van der Waals surface area (Å²) < 4.78 is 31.1. The van der Waals surface area contributed by atoms with E-state index in [9.17, 15) is 8.42 Å². The van der Waals surface area contributed by atoms with E-state index in [0.717, 1.165) is 37.4 Å². The van der Waals surface area contributed by atoms with E-state index in [1.54, 1.807) is 10.5 Å². The second-order valence-corrected chi connectivity index (χ2v) is 10.8. The molecule has 2 aromatic carbocycles. The summed E-state index contributed by atoms with van der Waals surface area (Å²) >= 11 is 0. The van der Waals surface area contributed by atoms with Crippen LogP contribution in [0.1, 0.15) is 22.3 Å². The number of ether oxygens (including phenoxy) is 1. The summed E-state index contributed by atoms with van der Waals surface area (Å²) in [6, 6.07) is 21.0. The van der Waals surface area contributed by atoms with E-state index < -0.39 is 10.0 Å². The summed E-state index contributed by atoms with van der Waals surface area (Å²) in [4.78, 5) is 6.60. The standard InChI is InChI=1S/C27H29N3O3S/c1-34(31,32)30-14-12-29(13-15-30)16-17-33-24-10-9-22-18-25(23-8-5-11-28-20-23)27(26(22)19-24)21-6-3-2-4-7-21/h2-11,19-20H,12-18H2,1H3. The third-order valence-corrected chi connectivity index (χ3v) is 7.87. The van der Waals surface area contributed by atoms with Gasteiger partial charge in [0, 0.05) is 45.1 Å². The fourth-order valence-electron chi connectivity index (χ4n) is 4.77. The Morgan fingerprint density at radius 2 is 1.71 bits per heavy atom.